The Kier molecular flexibility index (Phi) is 5.18. The maximum atomic E-state index is 12.2. The molecule has 1 aromatic rings. The van der Waals surface area contributed by atoms with Crippen molar-refractivity contribution in [2.24, 2.45) is 5.14 Å². The largest absolute Gasteiger partial charge is 0.347 e. The number of amides is 1. The SMILES string of the molecule is CCCC(C)(C)NC(=O)c1cc(Cl)cc(S(N)(=O)=O)c1. The van der Waals surface area contributed by atoms with Gasteiger partial charge in [0, 0.05) is 16.1 Å². The number of nitrogens with one attached hydrogen (secondary N) is 1. The van der Waals surface area contributed by atoms with Gasteiger partial charge in [-0.1, -0.05) is 24.9 Å². The molecule has 0 bridgehead atoms. The van der Waals surface area contributed by atoms with Crippen molar-refractivity contribution in [2.45, 2.75) is 44.0 Å². The molecule has 0 atom stereocenters. The minimum absolute atomic E-state index is 0.148. The average molecular weight is 319 g/mol. The van der Waals surface area contributed by atoms with E-state index in [2.05, 4.69) is 5.32 Å². The summed E-state index contributed by atoms with van der Waals surface area (Å²) in [4.78, 5) is 12.0. The van der Waals surface area contributed by atoms with Crippen molar-refractivity contribution in [3.8, 4) is 0 Å². The van der Waals surface area contributed by atoms with Gasteiger partial charge in [-0.2, -0.15) is 0 Å². The predicted molar refractivity (Wildman–Crippen MR) is 79.3 cm³/mol. The van der Waals surface area contributed by atoms with Crippen LogP contribution in [0.15, 0.2) is 23.1 Å². The summed E-state index contributed by atoms with van der Waals surface area (Å²) in [6.45, 7) is 5.82. The van der Waals surface area contributed by atoms with Gasteiger partial charge in [-0.25, -0.2) is 13.6 Å². The molecule has 0 unspecified atom stereocenters. The normalized spacial score (nSPS) is 12.2. The van der Waals surface area contributed by atoms with E-state index in [0.717, 1.165) is 12.8 Å². The van der Waals surface area contributed by atoms with Crippen molar-refractivity contribution in [2.75, 3.05) is 0 Å². The first kappa shape index (κ1) is 16.9. The maximum absolute atomic E-state index is 12.2. The molecular formula is C13H19ClN2O3S. The number of nitrogens with two attached hydrogens (primary N) is 1. The summed E-state index contributed by atoms with van der Waals surface area (Å²) < 4.78 is 22.7. The molecule has 0 heterocycles. The van der Waals surface area contributed by atoms with Crippen LogP contribution in [0.5, 0.6) is 0 Å². The van der Waals surface area contributed by atoms with E-state index in [1.807, 2.05) is 20.8 Å². The summed E-state index contributed by atoms with van der Waals surface area (Å²) in [6.07, 6.45) is 1.73. The van der Waals surface area contributed by atoms with E-state index in [9.17, 15) is 13.2 Å². The molecule has 0 fully saturated rings. The quantitative estimate of drug-likeness (QED) is 0.873. The lowest BCUT2D eigenvalue weighted by molar-refractivity contribution is 0.0909. The molecule has 0 aliphatic heterocycles. The molecule has 20 heavy (non-hydrogen) atoms. The van der Waals surface area contributed by atoms with Gasteiger partial charge in [-0.3, -0.25) is 4.79 Å². The number of hydrogen-bond acceptors (Lipinski definition) is 3. The number of sulfonamides is 1. The van der Waals surface area contributed by atoms with Crippen molar-refractivity contribution in [1.29, 1.82) is 0 Å². The third-order valence-corrected chi connectivity index (χ3v) is 3.90. The molecule has 0 spiro atoms. The summed E-state index contributed by atoms with van der Waals surface area (Å²) >= 11 is 5.83. The molecule has 0 aromatic heterocycles. The van der Waals surface area contributed by atoms with Crippen LogP contribution in [0.25, 0.3) is 0 Å². The molecule has 5 nitrogen and oxygen atoms in total. The fourth-order valence-electron chi connectivity index (χ4n) is 1.93. The van der Waals surface area contributed by atoms with Crippen molar-refractivity contribution in [1.82, 2.24) is 5.32 Å². The van der Waals surface area contributed by atoms with Crippen molar-refractivity contribution < 1.29 is 13.2 Å². The van der Waals surface area contributed by atoms with Crippen LogP contribution in [0.2, 0.25) is 5.02 Å². The lowest BCUT2D eigenvalue weighted by Crippen LogP contribution is -2.43. The summed E-state index contributed by atoms with van der Waals surface area (Å²) in [5, 5.41) is 8.05. The Morgan fingerprint density at radius 1 is 1.35 bits per heavy atom. The second kappa shape index (κ2) is 6.11. The highest BCUT2D eigenvalue weighted by molar-refractivity contribution is 7.89. The Labute approximate surface area is 124 Å². The van der Waals surface area contributed by atoms with E-state index >= 15 is 0 Å². The fraction of sp³-hybridized carbons (Fsp3) is 0.462. The smallest absolute Gasteiger partial charge is 0.251 e. The molecule has 3 N–H and O–H groups in total. The van der Waals surface area contributed by atoms with Crippen LogP contribution >= 0.6 is 11.6 Å². The molecule has 0 radical (unpaired) electrons. The van der Waals surface area contributed by atoms with Crippen LogP contribution in [0.1, 0.15) is 44.0 Å². The third kappa shape index (κ3) is 4.77. The first-order chi connectivity index (χ1) is 9.05. The monoisotopic (exact) mass is 318 g/mol. The lowest BCUT2D eigenvalue weighted by Gasteiger charge is -2.25. The summed E-state index contributed by atoms with van der Waals surface area (Å²) in [5.74, 6) is -0.379. The summed E-state index contributed by atoms with van der Waals surface area (Å²) in [5.41, 5.74) is -0.207. The van der Waals surface area contributed by atoms with Crippen LogP contribution in [0.3, 0.4) is 0 Å². The zero-order chi connectivity index (χ0) is 15.6. The zero-order valence-electron chi connectivity index (χ0n) is 11.7. The van der Waals surface area contributed by atoms with Gasteiger partial charge in [0.15, 0.2) is 0 Å². The number of primary sulfonamides is 1. The Morgan fingerprint density at radius 2 is 1.95 bits per heavy atom. The molecule has 1 aromatic carbocycles. The minimum atomic E-state index is -3.90. The van der Waals surface area contributed by atoms with Crippen LogP contribution in [-0.4, -0.2) is 19.9 Å². The highest BCUT2D eigenvalue weighted by atomic mass is 35.5. The summed E-state index contributed by atoms with van der Waals surface area (Å²) in [6, 6.07) is 3.84. The zero-order valence-corrected chi connectivity index (χ0v) is 13.3. The second-order valence-electron chi connectivity index (χ2n) is 5.31. The second-order valence-corrected chi connectivity index (χ2v) is 7.31. The van der Waals surface area contributed by atoms with E-state index < -0.39 is 10.0 Å². The van der Waals surface area contributed by atoms with Crippen molar-refractivity contribution in [3.05, 3.63) is 28.8 Å². The summed E-state index contributed by atoms with van der Waals surface area (Å²) in [7, 11) is -3.90. The van der Waals surface area contributed by atoms with Crippen LogP contribution in [0.4, 0.5) is 0 Å². The Balaban J connectivity index is 3.09. The molecule has 7 heteroatoms. The highest BCUT2D eigenvalue weighted by Gasteiger charge is 2.21. The van der Waals surface area contributed by atoms with Gasteiger partial charge in [0.2, 0.25) is 10.0 Å². The van der Waals surface area contributed by atoms with Crippen LogP contribution < -0.4 is 10.5 Å². The van der Waals surface area contributed by atoms with Crippen molar-refractivity contribution >= 4 is 27.5 Å². The number of hydrogen-bond donors (Lipinski definition) is 2. The van der Waals surface area contributed by atoms with Gasteiger partial charge in [-0.15, -0.1) is 0 Å². The molecule has 1 rings (SSSR count). The van der Waals surface area contributed by atoms with Gasteiger partial charge in [0.25, 0.3) is 5.91 Å². The maximum Gasteiger partial charge on any atom is 0.251 e. The molecule has 112 valence electrons. The van der Waals surface area contributed by atoms with E-state index in [1.54, 1.807) is 0 Å². The van der Waals surface area contributed by atoms with Crippen LogP contribution in [-0.2, 0) is 10.0 Å². The molecule has 0 aliphatic carbocycles. The first-order valence-electron chi connectivity index (χ1n) is 6.21. The Hall–Kier alpha value is -1.11. The number of carbonyl (C=O) groups is 1. The molecule has 0 saturated heterocycles. The fourth-order valence-corrected chi connectivity index (χ4v) is 2.81. The standard InChI is InChI=1S/C13H19ClN2O3S/c1-4-5-13(2,3)16-12(17)9-6-10(14)8-11(7-9)20(15,18)19/h6-8H,4-5H2,1-3H3,(H,16,17)(H2,15,18,19). The van der Waals surface area contributed by atoms with Gasteiger partial charge in [0.1, 0.15) is 0 Å². The van der Waals surface area contributed by atoms with Gasteiger partial charge in [-0.05, 0) is 38.5 Å². The highest BCUT2D eigenvalue weighted by Crippen LogP contribution is 2.19. The lowest BCUT2D eigenvalue weighted by atomic mass is 9.98. The Bertz CT molecular complexity index is 612. The number of halogens is 1. The number of benzene rings is 1. The average Bonchev–Trinajstić information content (AvgIpc) is 2.26. The van der Waals surface area contributed by atoms with Gasteiger partial charge >= 0.3 is 0 Å². The van der Waals surface area contributed by atoms with Crippen LogP contribution in [0, 0.1) is 0 Å². The number of rotatable bonds is 5. The minimum Gasteiger partial charge on any atom is -0.347 e. The molecule has 1 amide bonds. The van der Waals surface area contributed by atoms with Crippen molar-refractivity contribution in [3.63, 3.8) is 0 Å². The molecular weight excluding hydrogens is 300 g/mol. The molecule has 0 aliphatic rings. The van der Waals surface area contributed by atoms with E-state index in [0.29, 0.717) is 0 Å². The van der Waals surface area contributed by atoms with Gasteiger partial charge in [0.05, 0.1) is 4.90 Å². The molecule has 0 saturated carbocycles. The van der Waals surface area contributed by atoms with E-state index in [-0.39, 0.29) is 26.9 Å². The van der Waals surface area contributed by atoms with E-state index in [4.69, 9.17) is 16.7 Å². The predicted octanol–water partition coefficient (Wildman–Crippen LogP) is 2.30. The number of carbonyl (C=O) groups excluding carboxylic acids is 1. The van der Waals surface area contributed by atoms with E-state index in [1.165, 1.54) is 18.2 Å². The first-order valence-corrected chi connectivity index (χ1v) is 8.13. The topological polar surface area (TPSA) is 89.3 Å². The van der Waals surface area contributed by atoms with Gasteiger partial charge < -0.3 is 5.32 Å². The Morgan fingerprint density at radius 3 is 2.45 bits per heavy atom. The third-order valence-electron chi connectivity index (χ3n) is 2.79.